The summed E-state index contributed by atoms with van der Waals surface area (Å²) in [5.74, 6) is 2.12. The highest BCUT2D eigenvalue weighted by molar-refractivity contribution is 7.98. The molecule has 0 aliphatic rings. The monoisotopic (exact) mass is 347 g/mol. The van der Waals surface area contributed by atoms with Gasteiger partial charge in [0.05, 0.1) is 17.7 Å². The number of nitrogens with zero attached hydrogens (tertiary/aromatic N) is 3. The van der Waals surface area contributed by atoms with E-state index in [-0.39, 0.29) is 0 Å². The van der Waals surface area contributed by atoms with Gasteiger partial charge in [0.25, 0.3) is 11.1 Å². The maximum absolute atomic E-state index is 5.74. The predicted octanol–water partition coefficient (Wildman–Crippen LogP) is 4.42. The van der Waals surface area contributed by atoms with Crippen LogP contribution in [0.1, 0.15) is 22.4 Å². The number of thioether (sulfide) groups is 1. The number of ether oxygens (including phenoxy) is 1. The maximum atomic E-state index is 5.74. The van der Waals surface area contributed by atoms with Gasteiger partial charge in [0.1, 0.15) is 5.75 Å². The largest absolute Gasteiger partial charge is 0.496 e. The van der Waals surface area contributed by atoms with E-state index < -0.39 is 0 Å². The quantitative estimate of drug-likeness (QED) is 0.637. The number of aromatic nitrogens is 3. The van der Waals surface area contributed by atoms with Crippen LogP contribution in [0.15, 0.2) is 27.3 Å². The van der Waals surface area contributed by atoms with Crippen molar-refractivity contribution in [3.8, 4) is 16.5 Å². The van der Waals surface area contributed by atoms with Crippen LogP contribution >= 0.6 is 23.1 Å². The third-order valence-electron chi connectivity index (χ3n) is 3.54. The van der Waals surface area contributed by atoms with Crippen molar-refractivity contribution in [1.82, 2.24) is 15.2 Å². The zero-order valence-corrected chi connectivity index (χ0v) is 15.0. The number of hydrogen-bond donors (Lipinski definition) is 0. The molecule has 0 spiro atoms. The molecule has 0 unspecified atom stereocenters. The fourth-order valence-corrected chi connectivity index (χ4v) is 3.93. The summed E-state index contributed by atoms with van der Waals surface area (Å²) >= 11 is 3.09. The number of rotatable bonds is 5. The van der Waals surface area contributed by atoms with E-state index in [2.05, 4.69) is 15.2 Å². The molecule has 0 bridgehead atoms. The Morgan fingerprint density at radius 1 is 1.22 bits per heavy atom. The van der Waals surface area contributed by atoms with E-state index in [0.29, 0.717) is 16.9 Å². The lowest BCUT2D eigenvalue weighted by atomic mass is 10.1. The van der Waals surface area contributed by atoms with Crippen LogP contribution in [0.25, 0.3) is 10.8 Å². The minimum absolute atomic E-state index is 0.550. The first-order valence-electron chi connectivity index (χ1n) is 7.10. The van der Waals surface area contributed by atoms with E-state index >= 15 is 0 Å². The van der Waals surface area contributed by atoms with Gasteiger partial charge in [-0.2, -0.15) is 0 Å². The second-order valence-corrected chi connectivity index (χ2v) is 6.98. The summed E-state index contributed by atoms with van der Waals surface area (Å²) in [5, 5.41) is 10.8. The number of pyridine rings is 1. The summed E-state index contributed by atoms with van der Waals surface area (Å²) < 4.78 is 11.2. The highest BCUT2D eigenvalue weighted by Crippen LogP contribution is 2.32. The van der Waals surface area contributed by atoms with E-state index in [0.717, 1.165) is 33.0 Å². The molecule has 3 aromatic rings. The molecule has 0 fully saturated rings. The van der Waals surface area contributed by atoms with Crippen LogP contribution in [0.2, 0.25) is 0 Å². The highest BCUT2D eigenvalue weighted by Gasteiger charge is 2.14. The van der Waals surface area contributed by atoms with Crippen LogP contribution in [0.3, 0.4) is 0 Å². The Hall–Kier alpha value is -1.86. The summed E-state index contributed by atoms with van der Waals surface area (Å²) in [5.41, 5.74) is 4.20. The summed E-state index contributed by atoms with van der Waals surface area (Å²) in [4.78, 5) is 5.51. The van der Waals surface area contributed by atoms with Crippen LogP contribution in [-0.4, -0.2) is 22.3 Å². The first kappa shape index (κ1) is 16.0. The molecule has 120 valence electrons. The van der Waals surface area contributed by atoms with Crippen LogP contribution in [0.5, 0.6) is 5.75 Å². The molecule has 3 heterocycles. The van der Waals surface area contributed by atoms with Crippen LogP contribution in [0.4, 0.5) is 0 Å². The van der Waals surface area contributed by atoms with Crippen molar-refractivity contribution in [2.24, 2.45) is 0 Å². The molecule has 3 rings (SSSR count). The average molecular weight is 347 g/mol. The Morgan fingerprint density at radius 3 is 2.74 bits per heavy atom. The molecule has 0 N–H and O–H groups in total. The van der Waals surface area contributed by atoms with Gasteiger partial charge >= 0.3 is 0 Å². The number of hydrogen-bond acceptors (Lipinski definition) is 7. The normalized spacial score (nSPS) is 11.0. The zero-order valence-electron chi connectivity index (χ0n) is 13.4. The molecular weight excluding hydrogens is 330 g/mol. The average Bonchev–Trinajstić information content (AvgIpc) is 3.15. The van der Waals surface area contributed by atoms with Crippen molar-refractivity contribution in [3.63, 3.8) is 0 Å². The number of thiophene rings is 1. The first-order chi connectivity index (χ1) is 11.1. The summed E-state index contributed by atoms with van der Waals surface area (Å²) in [6.45, 7) is 6.04. The van der Waals surface area contributed by atoms with Gasteiger partial charge in [0, 0.05) is 23.1 Å². The molecule has 0 aliphatic heterocycles. The third-order valence-corrected chi connectivity index (χ3v) is 5.38. The van der Waals surface area contributed by atoms with Crippen molar-refractivity contribution in [2.75, 3.05) is 7.11 Å². The van der Waals surface area contributed by atoms with Gasteiger partial charge in [-0.15, -0.1) is 21.5 Å². The summed E-state index contributed by atoms with van der Waals surface area (Å²) in [6.07, 6.45) is 1.83. The lowest BCUT2D eigenvalue weighted by molar-refractivity contribution is 0.407. The van der Waals surface area contributed by atoms with Crippen molar-refractivity contribution in [3.05, 3.63) is 40.0 Å². The van der Waals surface area contributed by atoms with E-state index in [1.165, 1.54) is 11.8 Å². The van der Waals surface area contributed by atoms with Crippen molar-refractivity contribution in [1.29, 1.82) is 0 Å². The molecule has 3 aromatic heterocycles. The number of aryl methyl sites for hydroxylation is 2. The topological polar surface area (TPSA) is 61.0 Å². The molecule has 0 saturated heterocycles. The molecule has 0 radical (unpaired) electrons. The molecule has 5 nitrogen and oxygen atoms in total. The summed E-state index contributed by atoms with van der Waals surface area (Å²) in [7, 11) is 1.68. The Bertz CT molecular complexity index is 827. The first-order valence-corrected chi connectivity index (χ1v) is 8.96. The van der Waals surface area contributed by atoms with Gasteiger partial charge in [0.15, 0.2) is 0 Å². The van der Waals surface area contributed by atoms with E-state index in [4.69, 9.17) is 9.15 Å². The predicted molar refractivity (Wildman–Crippen MR) is 92.2 cm³/mol. The minimum atomic E-state index is 0.550. The molecule has 0 saturated carbocycles. The fraction of sp³-hybridized carbons (Fsp3) is 0.312. The van der Waals surface area contributed by atoms with Gasteiger partial charge in [-0.3, -0.25) is 4.98 Å². The molecule has 0 aliphatic carbocycles. The SMILES string of the molecule is COc1c(C)cnc(CSc2nnc(-c3sccc3C)o2)c1C. The smallest absolute Gasteiger partial charge is 0.277 e. The van der Waals surface area contributed by atoms with Crippen LogP contribution < -0.4 is 4.74 Å². The van der Waals surface area contributed by atoms with Gasteiger partial charge in [-0.25, -0.2) is 0 Å². The molecular formula is C16H17N3O2S2. The fourth-order valence-electron chi connectivity index (χ4n) is 2.30. The standard InChI is InChI=1S/C16H17N3O2S2/c1-9-5-6-22-14(9)15-18-19-16(21-15)23-8-12-11(3)13(20-4)10(2)7-17-12/h5-7H,8H2,1-4H3. The Balaban J connectivity index is 1.75. The van der Waals surface area contributed by atoms with Crippen LogP contribution in [0, 0.1) is 20.8 Å². The van der Waals surface area contributed by atoms with E-state index in [1.807, 2.05) is 38.4 Å². The summed E-state index contributed by atoms with van der Waals surface area (Å²) in [6, 6.07) is 2.04. The van der Waals surface area contributed by atoms with Gasteiger partial charge < -0.3 is 9.15 Å². The highest BCUT2D eigenvalue weighted by atomic mass is 32.2. The van der Waals surface area contributed by atoms with E-state index in [9.17, 15) is 0 Å². The van der Waals surface area contributed by atoms with Crippen LogP contribution in [-0.2, 0) is 5.75 Å². The second-order valence-electron chi connectivity index (χ2n) is 5.14. The van der Waals surface area contributed by atoms with Crippen molar-refractivity contribution < 1.29 is 9.15 Å². The Kier molecular flexibility index (Phi) is 4.68. The Labute approximate surface area is 143 Å². The molecule has 0 amide bonds. The molecule has 7 heteroatoms. The minimum Gasteiger partial charge on any atom is -0.496 e. The zero-order chi connectivity index (χ0) is 16.4. The molecule has 23 heavy (non-hydrogen) atoms. The van der Waals surface area contributed by atoms with Crippen molar-refractivity contribution in [2.45, 2.75) is 31.7 Å². The van der Waals surface area contributed by atoms with E-state index in [1.54, 1.807) is 18.4 Å². The lowest BCUT2D eigenvalue weighted by Crippen LogP contribution is -1.98. The third kappa shape index (κ3) is 3.25. The number of methoxy groups -OCH3 is 1. The maximum Gasteiger partial charge on any atom is 0.277 e. The molecule has 0 atom stereocenters. The van der Waals surface area contributed by atoms with Crippen molar-refractivity contribution >= 4 is 23.1 Å². The lowest BCUT2D eigenvalue weighted by Gasteiger charge is -2.11. The Morgan fingerprint density at radius 2 is 2.04 bits per heavy atom. The van der Waals surface area contributed by atoms with Gasteiger partial charge in [0.2, 0.25) is 0 Å². The van der Waals surface area contributed by atoms with Gasteiger partial charge in [-0.05, 0) is 37.8 Å². The molecule has 0 aromatic carbocycles. The van der Waals surface area contributed by atoms with Gasteiger partial charge in [-0.1, -0.05) is 11.8 Å². The second kappa shape index (κ2) is 6.72.